The van der Waals surface area contributed by atoms with Gasteiger partial charge in [-0.15, -0.1) is 0 Å². The summed E-state index contributed by atoms with van der Waals surface area (Å²) < 4.78 is 0. The van der Waals surface area contributed by atoms with Crippen molar-refractivity contribution < 1.29 is 5.11 Å². The molecule has 1 rings (SSSR count). The van der Waals surface area contributed by atoms with Crippen molar-refractivity contribution in [1.29, 1.82) is 0 Å². The molecule has 12 heavy (non-hydrogen) atoms. The average molecular weight is 166 g/mol. The first kappa shape index (κ1) is 11.2. The highest BCUT2D eigenvalue weighted by Crippen LogP contribution is 1.99. The van der Waals surface area contributed by atoms with Gasteiger partial charge in [0.1, 0.15) is 0 Å². The van der Waals surface area contributed by atoms with Gasteiger partial charge in [-0.25, -0.2) is 0 Å². The summed E-state index contributed by atoms with van der Waals surface area (Å²) in [6, 6.07) is 8.48. The molecule has 0 radical (unpaired) electrons. The van der Waals surface area contributed by atoms with Crippen molar-refractivity contribution in [3.8, 4) is 0 Å². The van der Waals surface area contributed by atoms with Crippen LogP contribution in [0.3, 0.4) is 0 Å². The molecule has 0 amide bonds. The smallest absolute Gasteiger partial charge is 0.0483 e. The minimum atomic E-state index is -0.167. The molecule has 0 aliphatic rings. The van der Waals surface area contributed by atoms with Crippen LogP contribution >= 0.6 is 0 Å². The number of hydrogen-bond acceptors (Lipinski definition) is 1. The highest BCUT2D eigenvalue weighted by atomic mass is 16.3. The third-order valence-electron chi connectivity index (χ3n) is 1.22. The topological polar surface area (TPSA) is 20.2 Å². The molecule has 0 bridgehead atoms. The third kappa shape index (κ3) is 7.29. The van der Waals surface area contributed by atoms with Crippen LogP contribution in [0.2, 0.25) is 0 Å². The van der Waals surface area contributed by atoms with E-state index in [-0.39, 0.29) is 6.10 Å². The Morgan fingerprint density at radius 2 is 1.08 bits per heavy atom. The summed E-state index contributed by atoms with van der Waals surface area (Å²) in [7, 11) is 0. The van der Waals surface area contributed by atoms with Crippen LogP contribution in [0.25, 0.3) is 0 Å². The first-order chi connectivity index (χ1) is 5.52. The molecule has 0 aromatic heterocycles. The standard InChI is InChI=1S/C8H10.C3H8O/c1-7-3-5-8(2)6-4-7;1-3(2)4/h3-6H,1-2H3;3-4H,1-2H3. The van der Waals surface area contributed by atoms with E-state index in [1.54, 1.807) is 13.8 Å². The van der Waals surface area contributed by atoms with Crippen molar-refractivity contribution in [3.05, 3.63) is 35.4 Å². The summed E-state index contributed by atoms with van der Waals surface area (Å²) >= 11 is 0. The van der Waals surface area contributed by atoms with Crippen LogP contribution in [0, 0.1) is 13.8 Å². The van der Waals surface area contributed by atoms with Crippen LogP contribution < -0.4 is 0 Å². The SMILES string of the molecule is CC(C)O.Cc1ccc(C)cc1. The van der Waals surface area contributed by atoms with Gasteiger partial charge in [0, 0.05) is 6.10 Å². The predicted octanol–water partition coefficient (Wildman–Crippen LogP) is 2.69. The van der Waals surface area contributed by atoms with E-state index >= 15 is 0 Å². The Morgan fingerprint density at radius 3 is 1.25 bits per heavy atom. The molecule has 0 fully saturated rings. The van der Waals surface area contributed by atoms with Crippen molar-refractivity contribution in [2.45, 2.75) is 33.8 Å². The Balaban J connectivity index is 0.000000261. The number of aliphatic hydroxyl groups excluding tert-OH is 1. The minimum Gasteiger partial charge on any atom is -0.394 e. The molecule has 0 unspecified atom stereocenters. The van der Waals surface area contributed by atoms with Gasteiger partial charge in [0.25, 0.3) is 0 Å². The van der Waals surface area contributed by atoms with Crippen LogP contribution in [0.15, 0.2) is 24.3 Å². The first-order valence-corrected chi connectivity index (χ1v) is 4.23. The van der Waals surface area contributed by atoms with Gasteiger partial charge in [0.05, 0.1) is 0 Å². The fraction of sp³-hybridized carbons (Fsp3) is 0.455. The molecule has 1 aromatic carbocycles. The van der Waals surface area contributed by atoms with Crippen molar-refractivity contribution in [2.24, 2.45) is 0 Å². The van der Waals surface area contributed by atoms with Crippen LogP contribution in [0.4, 0.5) is 0 Å². The molecular formula is C11H18O. The maximum absolute atomic E-state index is 8.06. The second kappa shape index (κ2) is 5.78. The molecule has 0 heterocycles. The lowest BCUT2D eigenvalue weighted by atomic mass is 10.2. The molecule has 0 saturated heterocycles. The normalized spacial score (nSPS) is 9.17. The van der Waals surface area contributed by atoms with E-state index < -0.39 is 0 Å². The van der Waals surface area contributed by atoms with Crippen LogP contribution in [0.5, 0.6) is 0 Å². The molecule has 0 aliphatic heterocycles. The highest BCUT2D eigenvalue weighted by Gasteiger charge is 1.79. The number of aliphatic hydroxyl groups is 1. The van der Waals surface area contributed by atoms with Crippen LogP contribution in [-0.2, 0) is 0 Å². The first-order valence-electron chi connectivity index (χ1n) is 4.23. The van der Waals surface area contributed by atoms with Crippen molar-refractivity contribution in [2.75, 3.05) is 0 Å². The Bertz CT molecular complexity index is 175. The summed E-state index contributed by atoms with van der Waals surface area (Å²) in [6.45, 7) is 7.64. The number of rotatable bonds is 0. The number of hydrogen-bond donors (Lipinski definition) is 1. The molecule has 1 N–H and O–H groups in total. The largest absolute Gasteiger partial charge is 0.394 e. The number of benzene rings is 1. The maximum Gasteiger partial charge on any atom is 0.0483 e. The fourth-order valence-corrected chi connectivity index (χ4v) is 0.637. The van der Waals surface area contributed by atoms with Gasteiger partial charge in [0.15, 0.2) is 0 Å². The second-order valence-corrected chi connectivity index (χ2v) is 3.25. The summed E-state index contributed by atoms with van der Waals surface area (Å²) in [6.07, 6.45) is -0.167. The molecule has 0 saturated carbocycles. The highest BCUT2D eigenvalue weighted by molar-refractivity contribution is 5.19. The molecule has 0 aliphatic carbocycles. The van der Waals surface area contributed by atoms with Gasteiger partial charge in [-0.1, -0.05) is 35.4 Å². The Labute approximate surface area is 75.1 Å². The molecule has 1 heteroatoms. The Kier molecular flexibility index (Phi) is 5.39. The summed E-state index contributed by atoms with van der Waals surface area (Å²) in [4.78, 5) is 0. The van der Waals surface area contributed by atoms with E-state index in [9.17, 15) is 0 Å². The fourth-order valence-electron chi connectivity index (χ4n) is 0.637. The van der Waals surface area contributed by atoms with Gasteiger partial charge in [-0.3, -0.25) is 0 Å². The predicted molar refractivity (Wildman–Crippen MR) is 53.3 cm³/mol. The second-order valence-electron chi connectivity index (χ2n) is 3.25. The summed E-state index contributed by atoms with van der Waals surface area (Å²) in [5.41, 5.74) is 2.66. The van der Waals surface area contributed by atoms with Crippen molar-refractivity contribution in [3.63, 3.8) is 0 Å². The summed E-state index contributed by atoms with van der Waals surface area (Å²) in [5, 5.41) is 8.06. The quantitative estimate of drug-likeness (QED) is 0.628. The third-order valence-corrected chi connectivity index (χ3v) is 1.22. The average Bonchev–Trinajstić information content (AvgIpc) is 1.94. The molecule has 68 valence electrons. The van der Waals surface area contributed by atoms with Gasteiger partial charge >= 0.3 is 0 Å². The lowest BCUT2D eigenvalue weighted by Gasteiger charge is -1.90. The Hall–Kier alpha value is -0.820. The van der Waals surface area contributed by atoms with E-state index in [0.29, 0.717) is 0 Å². The van der Waals surface area contributed by atoms with E-state index in [4.69, 9.17) is 5.11 Å². The van der Waals surface area contributed by atoms with Crippen LogP contribution in [0.1, 0.15) is 25.0 Å². The molecule has 0 spiro atoms. The molecule has 1 nitrogen and oxygen atoms in total. The van der Waals surface area contributed by atoms with Crippen molar-refractivity contribution >= 4 is 0 Å². The molecule has 0 atom stereocenters. The summed E-state index contributed by atoms with van der Waals surface area (Å²) in [5.74, 6) is 0. The lowest BCUT2D eigenvalue weighted by Crippen LogP contribution is -1.85. The van der Waals surface area contributed by atoms with Gasteiger partial charge < -0.3 is 5.11 Å². The van der Waals surface area contributed by atoms with E-state index in [0.717, 1.165) is 0 Å². The van der Waals surface area contributed by atoms with Crippen molar-refractivity contribution in [1.82, 2.24) is 0 Å². The van der Waals surface area contributed by atoms with Gasteiger partial charge in [-0.05, 0) is 27.7 Å². The Morgan fingerprint density at radius 1 is 0.917 bits per heavy atom. The van der Waals surface area contributed by atoms with Gasteiger partial charge in [-0.2, -0.15) is 0 Å². The van der Waals surface area contributed by atoms with Crippen LogP contribution in [-0.4, -0.2) is 11.2 Å². The zero-order chi connectivity index (χ0) is 9.56. The lowest BCUT2D eigenvalue weighted by molar-refractivity contribution is 0.216. The zero-order valence-electron chi connectivity index (χ0n) is 8.33. The molecule has 1 aromatic rings. The zero-order valence-corrected chi connectivity index (χ0v) is 8.33. The number of aryl methyl sites for hydroxylation is 2. The van der Waals surface area contributed by atoms with E-state index in [1.165, 1.54) is 11.1 Å². The molecular weight excluding hydrogens is 148 g/mol. The maximum atomic E-state index is 8.06. The van der Waals surface area contributed by atoms with Gasteiger partial charge in [0.2, 0.25) is 0 Å². The monoisotopic (exact) mass is 166 g/mol. The van der Waals surface area contributed by atoms with E-state index in [2.05, 4.69) is 38.1 Å². The van der Waals surface area contributed by atoms with E-state index in [1.807, 2.05) is 0 Å². The minimum absolute atomic E-state index is 0.167.